The molecule has 1 aliphatic rings. The summed E-state index contributed by atoms with van der Waals surface area (Å²) in [5, 5.41) is 8.05. The van der Waals surface area contributed by atoms with Gasteiger partial charge in [0.15, 0.2) is 12.6 Å². The molecule has 1 aromatic heterocycles. The van der Waals surface area contributed by atoms with Crippen molar-refractivity contribution in [2.24, 2.45) is 4.99 Å². The molecule has 0 radical (unpaired) electrons. The second kappa shape index (κ2) is 10.2. The lowest BCUT2D eigenvalue weighted by Crippen LogP contribution is -2.40. The minimum Gasteiger partial charge on any atom is -0.482 e. The van der Waals surface area contributed by atoms with Crippen molar-refractivity contribution >= 4 is 28.5 Å². The molecule has 0 unspecified atom stereocenters. The third-order valence-corrected chi connectivity index (χ3v) is 5.64. The van der Waals surface area contributed by atoms with E-state index in [-0.39, 0.29) is 12.5 Å². The number of para-hydroxylation sites is 2. The van der Waals surface area contributed by atoms with Crippen molar-refractivity contribution < 1.29 is 9.53 Å². The van der Waals surface area contributed by atoms with E-state index in [1.807, 2.05) is 24.3 Å². The first-order valence-electron chi connectivity index (χ1n) is 11.3. The predicted octanol–water partition coefficient (Wildman–Crippen LogP) is 3.39. The number of nitrogens with zero attached hydrogens (tertiary/aromatic N) is 2. The molecule has 7 nitrogen and oxygen atoms in total. The third kappa shape index (κ3) is 4.88. The van der Waals surface area contributed by atoms with Crippen molar-refractivity contribution in [2.75, 3.05) is 37.7 Å². The predicted molar refractivity (Wildman–Crippen MR) is 130 cm³/mol. The van der Waals surface area contributed by atoms with Gasteiger partial charge in [0.1, 0.15) is 5.75 Å². The molecule has 3 N–H and O–H groups in total. The Bertz CT molecular complexity index is 1100. The highest BCUT2D eigenvalue weighted by atomic mass is 16.5. The third-order valence-electron chi connectivity index (χ3n) is 5.64. The first-order chi connectivity index (χ1) is 15.7. The zero-order chi connectivity index (χ0) is 22.3. The van der Waals surface area contributed by atoms with Crippen LogP contribution < -0.4 is 20.3 Å². The van der Waals surface area contributed by atoms with Gasteiger partial charge in [-0.1, -0.05) is 24.3 Å². The first-order valence-corrected chi connectivity index (χ1v) is 11.3. The molecule has 0 spiro atoms. The van der Waals surface area contributed by atoms with Crippen LogP contribution in [0.5, 0.6) is 5.75 Å². The minimum atomic E-state index is -0.00765. The summed E-state index contributed by atoms with van der Waals surface area (Å²) in [7, 11) is 0. The summed E-state index contributed by atoms with van der Waals surface area (Å²) in [5.41, 5.74) is 4.62. The highest BCUT2D eigenvalue weighted by molar-refractivity contribution is 5.97. The summed E-state index contributed by atoms with van der Waals surface area (Å²) in [6.45, 7) is 7.15. The number of anilines is 1. The largest absolute Gasteiger partial charge is 0.482 e. The second-order valence-electron chi connectivity index (χ2n) is 7.90. The van der Waals surface area contributed by atoms with Gasteiger partial charge in [0.25, 0.3) is 5.91 Å². The summed E-state index contributed by atoms with van der Waals surface area (Å²) in [6.07, 6.45) is 3.78. The van der Waals surface area contributed by atoms with E-state index in [0.717, 1.165) is 43.3 Å². The number of amides is 1. The van der Waals surface area contributed by atoms with Crippen molar-refractivity contribution in [1.82, 2.24) is 15.6 Å². The summed E-state index contributed by atoms with van der Waals surface area (Å²) in [4.78, 5) is 22.2. The lowest BCUT2D eigenvalue weighted by Gasteiger charge is -2.29. The van der Waals surface area contributed by atoms with E-state index in [2.05, 4.69) is 53.9 Å². The lowest BCUT2D eigenvalue weighted by molar-refractivity contribution is -0.121. The molecule has 2 aromatic carbocycles. The van der Waals surface area contributed by atoms with E-state index in [1.54, 1.807) is 4.90 Å². The average molecular weight is 434 g/mol. The van der Waals surface area contributed by atoms with Crippen molar-refractivity contribution in [3.05, 3.63) is 59.8 Å². The minimum absolute atomic E-state index is 0.00765. The number of aryl methyl sites for hydroxylation is 1. The number of aromatic nitrogens is 1. The summed E-state index contributed by atoms with van der Waals surface area (Å²) in [6, 6.07) is 14.0. The molecule has 2 heterocycles. The number of rotatable bonds is 8. The van der Waals surface area contributed by atoms with Gasteiger partial charge in [-0.05, 0) is 56.0 Å². The standard InChI is InChI=1S/C25H31N5O2/c1-3-26-25(28-14-12-19-16-29-20-9-6-8-18(2)24(19)20)27-13-7-15-30-21-10-4-5-11-22(21)32-17-23(30)31/h4-6,8-11,16,29H,3,7,12-15,17H2,1-2H3,(H2,26,27,28). The van der Waals surface area contributed by atoms with E-state index in [4.69, 9.17) is 9.73 Å². The molecule has 0 saturated carbocycles. The Morgan fingerprint density at radius 1 is 1.19 bits per heavy atom. The fourth-order valence-electron chi connectivity index (χ4n) is 4.12. The summed E-state index contributed by atoms with van der Waals surface area (Å²) >= 11 is 0. The topological polar surface area (TPSA) is 81.8 Å². The number of aromatic amines is 1. The molecule has 0 atom stereocenters. The normalized spacial score (nSPS) is 13.8. The molecule has 1 amide bonds. The first kappa shape index (κ1) is 21.7. The number of ether oxygens (including phenoxy) is 1. The van der Waals surface area contributed by atoms with Crippen LogP contribution in [0.3, 0.4) is 0 Å². The molecule has 32 heavy (non-hydrogen) atoms. The van der Waals surface area contributed by atoms with E-state index in [0.29, 0.717) is 13.1 Å². The van der Waals surface area contributed by atoms with Crippen LogP contribution in [-0.2, 0) is 11.2 Å². The van der Waals surface area contributed by atoms with E-state index >= 15 is 0 Å². The smallest absolute Gasteiger partial charge is 0.265 e. The molecule has 0 saturated heterocycles. The molecule has 1 aliphatic heterocycles. The quantitative estimate of drug-likeness (QED) is 0.289. The summed E-state index contributed by atoms with van der Waals surface area (Å²) in [5.74, 6) is 1.56. The maximum atomic E-state index is 12.3. The zero-order valence-corrected chi connectivity index (χ0v) is 18.8. The fraction of sp³-hybridized carbons (Fsp3) is 0.360. The van der Waals surface area contributed by atoms with Crippen LogP contribution in [0.1, 0.15) is 24.5 Å². The number of hydrogen-bond acceptors (Lipinski definition) is 3. The fourth-order valence-corrected chi connectivity index (χ4v) is 4.12. The summed E-state index contributed by atoms with van der Waals surface area (Å²) < 4.78 is 5.51. The van der Waals surface area contributed by atoms with Gasteiger partial charge in [0.05, 0.1) is 5.69 Å². The molecule has 4 rings (SSSR count). The Labute approximate surface area is 188 Å². The van der Waals surface area contributed by atoms with Crippen LogP contribution in [0.25, 0.3) is 10.9 Å². The second-order valence-corrected chi connectivity index (χ2v) is 7.90. The van der Waals surface area contributed by atoms with Gasteiger partial charge in [-0.2, -0.15) is 0 Å². The average Bonchev–Trinajstić information content (AvgIpc) is 3.22. The number of guanidine groups is 1. The van der Waals surface area contributed by atoms with Gasteiger partial charge < -0.3 is 25.3 Å². The molecular formula is C25H31N5O2. The highest BCUT2D eigenvalue weighted by Crippen LogP contribution is 2.31. The van der Waals surface area contributed by atoms with Crippen LogP contribution in [0.4, 0.5) is 5.69 Å². The van der Waals surface area contributed by atoms with Crippen LogP contribution in [0, 0.1) is 6.92 Å². The van der Waals surface area contributed by atoms with Gasteiger partial charge in [0.2, 0.25) is 0 Å². The van der Waals surface area contributed by atoms with E-state index in [9.17, 15) is 4.79 Å². The SMILES string of the molecule is CCNC(=NCCCN1C(=O)COc2ccccc21)NCCc1c[nH]c2cccc(C)c12. The van der Waals surface area contributed by atoms with Crippen molar-refractivity contribution in [1.29, 1.82) is 0 Å². The number of aliphatic imine (C=N–C) groups is 1. The maximum absolute atomic E-state index is 12.3. The van der Waals surface area contributed by atoms with E-state index in [1.165, 1.54) is 22.0 Å². The number of nitrogens with one attached hydrogen (secondary N) is 3. The Morgan fingerprint density at radius 3 is 2.94 bits per heavy atom. The number of carbonyl (C=O) groups is 1. The van der Waals surface area contributed by atoms with Gasteiger partial charge in [0, 0.05) is 43.3 Å². The number of carbonyl (C=O) groups excluding carboxylic acids is 1. The molecule has 168 valence electrons. The number of H-pyrrole nitrogens is 1. The van der Waals surface area contributed by atoms with Gasteiger partial charge in [-0.25, -0.2) is 0 Å². The van der Waals surface area contributed by atoms with Crippen molar-refractivity contribution in [2.45, 2.75) is 26.7 Å². The van der Waals surface area contributed by atoms with Crippen LogP contribution in [0.15, 0.2) is 53.7 Å². The van der Waals surface area contributed by atoms with E-state index < -0.39 is 0 Å². The Kier molecular flexibility index (Phi) is 6.94. The molecule has 0 bridgehead atoms. The molecule has 3 aromatic rings. The van der Waals surface area contributed by atoms with Gasteiger partial charge >= 0.3 is 0 Å². The van der Waals surface area contributed by atoms with Crippen molar-refractivity contribution in [3.8, 4) is 5.75 Å². The van der Waals surface area contributed by atoms with Crippen LogP contribution >= 0.6 is 0 Å². The monoisotopic (exact) mass is 433 g/mol. The molecule has 0 aliphatic carbocycles. The molecular weight excluding hydrogens is 402 g/mol. The highest BCUT2D eigenvalue weighted by Gasteiger charge is 2.24. The number of hydrogen-bond donors (Lipinski definition) is 3. The Balaban J connectivity index is 1.30. The van der Waals surface area contributed by atoms with Gasteiger partial charge in [-0.3, -0.25) is 9.79 Å². The maximum Gasteiger partial charge on any atom is 0.265 e. The van der Waals surface area contributed by atoms with Crippen molar-refractivity contribution in [3.63, 3.8) is 0 Å². The number of fused-ring (bicyclic) bond motifs is 2. The van der Waals surface area contributed by atoms with Crippen LogP contribution in [0.2, 0.25) is 0 Å². The Morgan fingerprint density at radius 2 is 2.06 bits per heavy atom. The molecule has 7 heteroatoms. The lowest BCUT2D eigenvalue weighted by atomic mass is 10.1. The van der Waals surface area contributed by atoms with Crippen LogP contribution in [-0.4, -0.2) is 49.6 Å². The Hall–Kier alpha value is -3.48. The number of benzene rings is 2. The van der Waals surface area contributed by atoms with Gasteiger partial charge in [-0.15, -0.1) is 0 Å². The zero-order valence-electron chi connectivity index (χ0n) is 18.8. The molecule has 0 fully saturated rings.